The maximum Gasteiger partial charge on any atom is 0.123 e. The van der Waals surface area contributed by atoms with E-state index in [9.17, 15) is 9.50 Å². The van der Waals surface area contributed by atoms with E-state index in [0.29, 0.717) is 11.6 Å². The molecule has 6 heteroatoms. The van der Waals surface area contributed by atoms with Crippen molar-refractivity contribution >= 4 is 22.5 Å². The molecule has 1 N–H and O–H groups in total. The minimum absolute atomic E-state index is 0.0616. The molecule has 0 aliphatic carbocycles. The highest BCUT2D eigenvalue weighted by Crippen LogP contribution is 2.37. The number of piperidine rings is 1. The monoisotopic (exact) mass is 480 g/mol. The molecule has 1 aromatic heterocycles. The molecule has 3 aromatic rings. The van der Waals surface area contributed by atoms with Crippen LogP contribution in [0.1, 0.15) is 36.8 Å². The van der Waals surface area contributed by atoms with Gasteiger partial charge in [0.2, 0.25) is 0 Å². The molecule has 1 saturated heterocycles. The average molecular weight is 481 g/mol. The summed E-state index contributed by atoms with van der Waals surface area (Å²) >= 11 is 6.52. The van der Waals surface area contributed by atoms with Crippen LogP contribution in [-0.2, 0) is 6.42 Å². The first kappa shape index (κ1) is 24.5. The van der Waals surface area contributed by atoms with Crippen molar-refractivity contribution < 1.29 is 14.2 Å². The number of aliphatic hydroxyl groups excluding tert-OH is 1. The Hall–Kier alpha value is -2.65. The van der Waals surface area contributed by atoms with Crippen LogP contribution >= 0.6 is 11.6 Å². The Morgan fingerprint density at radius 1 is 1.18 bits per heavy atom. The molecular weight excluding hydrogens is 451 g/mol. The van der Waals surface area contributed by atoms with Gasteiger partial charge in [-0.15, -0.1) is 0 Å². The number of aryl methyl sites for hydroxylation is 1. The smallest absolute Gasteiger partial charge is 0.123 e. The van der Waals surface area contributed by atoms with E-state index in [1.165, 1.54) is 12.1 Å². The lowest BCUT2D eigenvalue weighted by Gasteiger charge is -2.40. The van der Waals surface area contributed by atoms with Gasteiger partial charge in [0.15, 0.2) is 0 Å². The summed E-state index contributed by atoms with van der Waals surface area (Å²) in [5.74, 6) is 6.84. The second-order valence-corrected chi connectivity index (χ2v) is 9.47. The number of rotatable bonds is 7. The van der Waals surface area contributed by atoms with Gasteiger partial charge in [0.25, 0.3) is 0 Å². The van der Waals surface area contributed by atoms with Gasteiger partial charge in [-0.05, 0) is 98.6 Å². The molecule has 0 unspecified atom stereocenters. The number of aromatic nitrogens is 1. The van der Waals surface area contributed by atoms with Gasteiger partial charge in [0, 0.05) is 23.8 Å². The Kier molecular flexibility index (Phi) is 8.05. The second-order valence-electron chi connectivity index (χ2n) is 9.06. The van der Waals surface area contributed by atoms with Crippen molar-refractivity contribution in [2.75, 3.05) is 33.4 Å². The van der Waals surface area contributed by atoms with E-state index in [1.54, 1.807) is 25.4 Å². The van der Waals surface area contributed by atoms with Gasteiger partial charge >= 0.3 is 0 Å². The molecule has 1 fully saturated rings. The summed E-state index contributed by atoms with van der Waals surface area (Å²) in [6.07, 6.45) is 6.34. The number of hydrogen-bond acceptors (Lipinski definition) is 4. The number of likely N-dealkylation sites (tertiary alicyclic amines) is 1. The average Bonchev–Trinajstić information content (AvgIpc) is 2.87. The molecule has 1 aliphatic rings. The highest BCUT2D eigenvalue weighted by Gasteiger charge is 2.33. The summed E-state index contributed by atoms with van der Waals surface area (Å²) in [5.41, 5.74) is 2.76. The fraction of sp³-hybridized carbons (Fsp3) is 0.393. The molecule has 0 radical (unpaired) electrons. The van der Waals surface area contributed by atoms with Crippen molar-refractivity contribution in [2.24, 2.45) is 5.41 Å². The topological polar surface area (TPSA) is 45.6 Å². The number of methoxy groups -OCH3 is 1. The van der Waals surface area contributed by atoms with Gasteiger partial charge in [-0.2, -0.15) is 0 Å². The molecule has 2 heterocycles. The van der Waals surface area contributed by atoms with Gasteiger partial charge in [-0.1, -0.05) is 23.4 Å². The second kappa shape index (κ2) is 11.2. The van der Waals surface area contributed by atoms with Crippen LogP contribution in [0, 0.1) is 23.1 Å². The van der Waals surface area contributed by atoms with Crippen LogP contribution in [0.25, 0.3) is 10.9 Å². The number of halogens is 2. The van der Waals surface area contributed by atoms with E-state index in [-0.39, 0.29) is 17.8 Å². The molecule has 2 aromatic carbocycles. The van der Waals surface area contributed by atoms with Crippen molar-refractivity contribution in [3.8, 4) is 17.6 Å². The third-order valence-corrected chi connectivity index (χ3v) is 7.23. The minimum atomic E-state index is -0.249. The third kappa shape index (κ3) is 5.88. The van der Waals surface area contributed by atoms with Gasteiger partial charge in [-0.25, -0.2) is 4.39 Å². The van der Waals surface area contributed by atoms with Crippen LogP contribution < -0.4 is 4.74 Å². The van der Waals surface area contributed by atoms with E-state index < -0.39 is 0 Å². The van der Waals surface area contributed by atoms with Gasteiger partial charge < -0.3 is 9.84 Å². The van der Waals surface area contributed by atoms with Crippen molar-refractivity contribution in [1.82, 2.24) is 9.88 Å². The predicted molar refractivity (Wildman–Crippen MR) is 135 cm³/mol. The number of aliphatic hydroxyl groups is 1. The van der Waals surface area contributed by atoms with E-state index in [0.717, 1.165) is 73.0 Å². The fourth-order valence-corrected chi connectivity index (χ4v) is 4.93. The van der Waals surface area contributed by atoms with Crippen LogP contribution in [0.2, 0.25) is 5.02 Å². The van der Waals surface area contributed by atoms with Crippen molar-refractivity contribution in [3.63, 3.8) is 0 Å². The number of ether oxygens (including phenoxy) is 1. The maximum absolute atomic E-state index is 13.0. The molecule has 1 aliphatic heterocycles. The molecule has 4 rings (SSSR count). The molecule has 0 spiro atoms. The normalized spacial score (nSPS) is 15.6. The minimum Gasteiger partial charge on any atom is -0.497 e. The third-order valence-electron chi connectivity index (χ3n) is 6.90. The lowest BCUT2D eigenvalue weighted by atomic mass is 9.75. The highest BCUT2D eigenvalue weighted by atomic mass is 35.5. The first-order chi connectivity index (χ1) is 16.5. The van der Waals surface area contributed by atoms with E-state index in [2.05, 4.69) is 21.7 Å². The zero-order valence-electron chi connectivity index (χ0n) is 19.5. The summed E-state index contributed by atoms with van der Waals surface area (Å²) in [6, 6.07) is 12.1. The van der Waals surface area contributed by atoms with Crippen LogP contribution in [-0.4, -0.2) is 48.3 Å². The van der Waals surface area contributed by atoms with Gasteiger partial charge in [0.05, 0.1) is 24.2 Å². The zero-order chi connectivity index (χ0) is 24.0. The molecule has 4 nitrogen and oxygen atoms in total. The highest BCUT2D eigenvalue weighted by molar-refractivity contribution is 6.32. The van der Waals surface area contributed by atoms with Crippen LogP contribution in [0.5, 0.6) is 5.75 Å². The lowest BCUT2D eigenvalue weighted by molar-refractivity contribution is 0.0401. The SMILES string of the molecule is COc1ccc2ncc(Cl)c(CCCC3(CO)CCN(CC#Cc4ccc(F)cc4)CC3)c2c1. The Bertz CT molecular complexity index is 1180. The van der Waals surface area contributed by atoms with Crippen LogP contribution in [0.4, 0.5) is 4.39 Å². The molecule has 178 valence electrons. The van der Waals surface area contributed by atoms with Crippen LogP contribution in [0.15, 0.2) is 48.7 Å². The maximum atomic E-state index is 13.0. The fourth-order valence-electron chi connectivity index (χ4n) is 4.68. The zero-order valence-corrected chi connectivity index (χ0v) is 20.2. The number of hydrogen-bond donors (Lipinski definition) is 1. The molecule has 0 atom stereocenters. The molecular formula is C28H30ClFN2O2. The predicted octanol–water partition coefficient (Wildman–Crippen LogP) is 5.48. The Labute approximate surface area is 205 Å². The summed E-state index contributed by atoms with van der Waals surface area (Å²) in [4.78, 5) is 6.76. The molecule has 34 heavy (non-hydrogen) atoms. The van der Waals surface area contributed by atoms with E-state index >= 15 is 0 Å². The summed E-state index contributed by atoms with van der Waals surface area (Å²) in [6.45, 7) is 2.70. The molecule has 0 amide bonds. The summed E-state index contributed by atoms with van der Waals surface area (Å²) in [7, 11) is 1.66. The number of pyridine rings is 1. The number of benzene rings is 2. The molecule has 0 bridgehead atoms. The first-order valence-electron chi connectivity index (χ1n) is 11.7. The van der Waals surface area contributed by atoms with Gasteiger partial charge in [0.1, 0.15) is 11.6 Å². The summed E-state index contributed by atoms with van der Waals surface area (Å²) in [5, 5.41) is 11.9. The van der Waals surface area contributed by atoms with Crippen LogP contribution in [0.3, 0.4) is 0 Å². The summed E-state index contributed by atoms with van der Waals surface area (Å²) < 4.78 is 18.4. The first-order valence-corrected chi connectivity index (χ1v) is 12.1. The Balaban J connectivity index is 1.33. The van der Waals surface area contributed by atoms with Crippen molar-refractivity contribution in [3.05, 3.63) is 70.6 Å². The number of fused-ring (bicyclic) bond motifs is 1. The van der Waals surface area contributed by atoms with Crippen molar-refractivity contribution in [2.45, 2.75) is 32.1 Å². The quantitative estimate of drug-likeness (QED) is 0.454. The van der Waals surface area contributed by atoms with Crippen molar-refractivity contribution in [1.29, 1.82) is 0 Å². The van der Waals surface area contributed by atoms with E-state index in [4.69, 9.17) is 16.3 Å². The standard InChI is InChI=1S/C28H30ClFN2O2/c1-34-23-10-11-27-25(18-23)24(26(29)19-31-27)5-2-12-28(20-33)13-16-32(17-14-28)15-3-4-21-6-8-22(30)9-7-21/h6-11,18-19,33H,2,5,12-17,20H2,1H3. The molecule has 0 saturated carbocycles. The largest absolute Gasteiger partial charge is 0.497 e. The Morgan fingerprint density at radius 2 is 1.94 bits per heavy atom. The van der Waals surface area contributed by atoms with E-state index in [1.807, 2.05) is 18.2 Å². The Morgan fingerprint density at radius 3 is 2.65 bits per heavy atom. The number of nitrogens with zero attached hydrogens (tertiary/aromatic N) is 2. The lowest BCUT2D eigenvalue weighted by Crippen LogP contribution is -2.42. The van der Waals surface area contributed by atoms with Gasteiger partial charge in [-0.3, -0.25) is 9.88 Å².